The number of nitrogens with one attached hydrogen (secondary N) is 1. The fraction of sp³-hybridized carbons (Fsp3) is 0.500. The van der Waals surface area contributed by atoms with E-state index >= 15 is 0 Å². The minimum atomic E-state index is -0.925. The Morgan fingerprint density at radius 3 is 2.33 bits per heavy atom. The van der Waals surface area contributed by atoms with Gasteiger partial charge in [-0.25, -0.2) is 4.39 Å². The maximum absolute atomic E-state index is 12.8. The molecule has 0 bridgehead atoms. The van der Waals surface area contributed by atoms with Gasteiger partial charge in [-0.2, -0.15) is 0 Å². The first kappa shape index (κ1) is 15.5. The summed E-state index contributed by atoms with van der Waals surface area (Å²) >= 11 is 0. The molecule has 1 aliphatic rings. The van der Waals surface area contributed by atoms with E-state index in [0.717, 1.165) is 5.56 Å². The fourth-order valence-corrected chi connectivity index (χ4v) is 2.95. The van der Waals surface area contributed by atoms with Crippen LogP contribution in [0, 0.1) is 23.1 Å². The molecule has 21 heavy (non-hydrogen) atoms. The van der Waals surface area contributed by atoms with E-state index in [9.17, 15) is 14.0 Å². The summed E-state index contributed by atoms with van der Waals surface area (Å²) in [6, 6.07) is 6.00. The third-order valence-electron chi connectivity index (χ3n) is 4.22. The topological polar surface area (TPSA) is 66.4 Å². The zero-order valence-corrected chi connectivity index (χ0v) is 12.4. The van der Waals surface area contributed by atoms with Crippen LogP contribution in [-0.2, 0) is 16.0 Å². The van der Waals surface area contributed by atoms with Crippen molar-refractivity contribution in [2.24, 2.45) is 17.3 Å². The summed E-state index contributed by atoms with van der Waals surface area (Å²) in [7, 11) is 0. The summed E-state index contributed by atoms with van der Waals surface area (Å²) < 4.78 is 12.8. The van der Waals surface area contributed by atoms with E-state index in [0.29, 0.717) is 6.42 Å². The van der Waals surface area contributed by atoms with Gasteiger partial charge in [0.1, 0.15) is 5.82 Å². The van der Waals surface area contributed by atoms with E-state index in [1.54, 1.807) is 26.0 Å². The Balaban J connectivity index is 1.91. The molecule has 2 rings (SSSR count). The number of hydrogen-bond donors (Lipinski definition) is 2. The summed E-state index contributed by atoms with van der Waals surface area (Å²) in [6.07, 6.45) is 0.580. The van der Waals surface area contributed by atoms with Crippen LogP contribution >= 0.6 is 0 Å². The predicted molar refractivity (Wildman–Crippen MR) is 76.1 cm³/mol. The molecule has 4 nitrogen and oxygen atoms in total. The van der Waals surface area contributed by atoms with Crippen molar-refractivity contribution in [2.75, 3.05) is 0 Å². The number of rotatable bonds is 5. The molecule has 1 saturated carbocycles. The molecule has 0 aliphatic heterocycles. The SMILES string of the molecule is CC(Cc1ccc(F)cc1)NC(=O)[C@H]1[C@@H](C(=O)O)C1(C)C. The molecule has 0 saturated heterocycles. The number of hydrogen-bond acceptors (Lipinski definition) is 2. The first-order valence-corrected chi connectivity index (χ1v) is 7.01. The minimum absolute atomic E-state index is 0.131. The Kier molecular flexibility index (Phi) is 4.03. The van der Waals surface area contributed by atoms with Crippen LogP contribution in [0.15, 0.2) is 24.3 Å². The molecular formula is C16H20FNO3. The van der Waals surface area contributed by atoms with Gasteiger partial charge in [0.2, 0.25) is 5.91 Å². The monoisotopic (exact) mass is 293 g/mol. The third kappa shape index (κ3) is 3.23. The maximum Gasteiger partial charge on any atom is 0.307 e. The highest BCUT2D eigenvalue weighted by atomic mass is 19.1. The molecule has 3 atom stereocenters. The standard InChI is InChI=1S/C16H20FNO3/c1-9(8-10-4-6-11(17)7-5-10)18-14(19)12-13(15(20)21)16(12,2)3/h4-7,9,12-13H,8H2,1-3H3,(H,18,19)(H,20,21)/t9?,12-,13+/m1/s1. The Morgan fingerprint density at radius 2 is 1.86 bits per heavy atom. The Hall–Kier alpha value is -1.91. The highest BCUT2D eigenvalue weighted by molar-refractivity contribution is 5.91. The van der Waals surface area contributed by atoms with Crippen molar-refractivity contribution in [1.82, 2.24) is 5.32 Å². The lowest BCUT2D eigenvalue weighted by molar-refractivity contribution is -0.140. The molecule has 1 unspecified atom stereocenters. The molecule has 2 N–H and O–H groups in total. The van der Waals surface area contributed by atoms with E-state index in [4.69, 9.17) is 5.11 Å². The van der Waals surface area contributed by atoms with Gasteiger partial charge in [0, 0.05) is 6.04 Å². The first-order valence-electron chi connectivity index (χ1n) is 7.01. The fourth-order valence-electron chi connectivity index (χ4n) is 2.95. The van der Waals surface area contributed by atoms with Crippen LogP contribution in [0.1, 0.15) is 26.3 Å². The summed E-state index contributed by atoms with van der Waals surface area (Å²) in [6.45, 7) is 5.44. The normalized spacial score (nSPS) is 24.2. The largest absolute Gasteiger partial charge is 0.481 e. The van der Waals surface area contributed by atoms with Gasteiger partial charge in [-0.05, 0) is 36.5 Å². The molecule has 1 aromatic carbocycles. The number of amides is 1. The molecule has 5 heteroatoms. The second-order valence-electron chi connectivity index (χ2n) is 6.36. The third-order valence-corrected chi connectivity index (χ3v) is 4.22. The molecule has 0 heterocycles. The average Bonchev–Trinajstić information content (AvgIpc) is 2.95. The van der Waals surface area contributed by atoms with Gasteiger partial charge in [0.05, 0.1) is 11.8 Å². The molecule has 0 aromatic heterocycles. The minimum Gasteiger partial charge on any atom is -0.481 e. The molecule has 0 spiro atoms. The summed E-state index contributed by atoms with van der Waals surface area (Å²) in [5.41, 5.74) is 0.431. The summed E-state index contributed by atoms with van der Waals surface area (Å²) in [5, 5.41) is 11.9. The number of halogens is 1. The molecule has 1 aliphatic carbocycles. The van der Waals surface area contributed by atoms with E-state index in [1.165, 1.54) is 12.1 Å². The van der Waals surface area contributed by atoms with E-state index in [1.807, 2.05) is 6.92 Å². The van der Waals surface area contributed by atoms with Crippen molar-refractivity contribution in [3.05, 3.63) is 35.6 Å². The number of carbonyl (C=O) groups is 2. The van der Waals surface area contributed by atoms with Gasteiger partial charge in [0.25, 0.3) is 0 Å². The van der Waals surface area contributed by atoms with Crippen molar-refractivity contribution in [2.45, 2.75) is 33.2 Å². The second kappa shape index (κ2) is 5.47. The lowest BCUT2D eigenvalue weighted by atomic mass is 10.1. The van der Waals surface area contributed by atoms with E-state index in [-0.39, 0.29) is 17.8 Å². The van der Waals surface area contributed by atoms with Gasteiger partial charge in [-0.15, -0.1) is 0 Å². The highest BCUT2D eigenvalue weighted by Gasteiger charge is 2.65. The van der Waals surface area contributed by atoms with Crippen LogP contribution < -0.4 is 5.32 Å². The van der Waals surface area contributed by atoms with Gasteiger partial charge in [-0.3, -0.25) is 9.59 Å². The van der Waals surface area contributed by atoms with Crippen LogP contribution in [0.3, 0.4) is 0 Å². The lowest BCUT2D eigenvalue weighted by Gasteiger charge is -2.14. The van der Waals surface area contributed by atoms with Crippen molar-refractivity contribution < 1.29 is 19.1 Å². The zero-order valence-electron chi connectivity index (χ0n) is 12.4. The smallest absolute Gasteiger partial charge is 0.307 e. The molecule has 1 fully saturated rings. The van der Waals surface area contributed by atoms with Crippen molar-refractivity contribution in [1.29, 1.82) is 0 Å². The molecule has 114 valence electrons. The molecule has 0 radical (unpaired) electrons. The van der Waals surface area contributed by atoms with Crippen LogP contribution in [0.25, 0.3) is 0 Å². The number of benzene rings is 1. The Bertz CT molecular complexity index is 553. The van der Waals surface area contributed by atoms with Crippen molar-refractivity contribution in [3.63, 3.8) is 0 Å². The van der Waals surface area contributed by atoms with Crippen LogP contribution in [0.4, 0.5) is 4.39 Å². The number of carboxylic acids is 1. The summed E-state index contributed by atoms with van der Waals surface area (Å²) in [4.78, 5) is 23.2. The second-order valence-corrected chi connectivity index (χ2v) is 6.36. The molecule has 1 amide bonds. The molecular weight excluding hydrogens is 273 g/mol. The number of aliphatic carboxylic acids is 1. The average molecular weight is 293 g/mol. The number of carboxylic acid groups (broad SMARTS) is 1. The van der Waals surface area contributed by atoms with Gasteiger partial charge >= 0.3 is 5.97 Å². The van der Waals surface area contributed by atoms with Crippen LogP contribution in [-0.4, -0.2) is 23.0 Å². The Labute approximate surface area is 123 Å². The zero-order chi connectivity index (χ0) is 15.8. The Morgan fingerprint density at radius 1 is 1.29 bits per heavy atom. The molecule has 1 aromatic rings. The van der Waals surface area contributed by atoms with Crippen LogP contribution in [0.5, 0.6) is 0 Å². The van der Waals surface area contributed by atoms with Crippen molar-refractivity contribution >= 4 is 11.9 Å². The first-order chi connectivity index (χ1) is 9.73. The van der Waals surface area contributed by atoms with Crippen molar-refractivity contribution in [3.8, 4) is 0 Å². The quantitative estimate of drug-likeness (QED) is 0.875. The lowest BCUT2D eigenvalue weighted by Crippen LogP contribution is -2.36. The van der Waals surface area contributed by atoms with Gasteiger partial charge in [-0.1, -0.05) is 26.0 Å². The van der Waals surface area contributed by atoms with Gasteiger partial charge in [0.15, 0.2) is 0 Å². The van der Waals surface area contributed by atoms with Gasteiger partial charge < -0.3 is 10.4 Å². The van der Waals surface area contributed by atoms with E-state index < -0.39 is 23.2 Å². The van der Waals surface area contributed by atoms with E-state index in [2.05, 4.69) is 5.32 Å². The van der Waals surface area contributed by atoms with Crippen LogP contribution in [0.2, 0.25) is 0 Å². The highest BCUT2D eigenvalue weighted by Crippen LogP contribution is 2.58. The number of carbonyl (C=O) groups excluding carboxylic acids is 1. The maximum atomic E-state index is 12.8. The summed E-state index contributed by atoms with van der Waals surface area (Å²) in [5.74, 6) is -2.53. The predicted octanol–water partition coefficient (Wildman–Crippen LogP) is 2.23.